The van der Waals surface area contributed by atoms with E-state index >= 15 is 0 Å². The zero-order chi connectivity index (χ0) is 25.7. The fraction of sp³-hybridized carbons (Fsp3) is 0.133. The van der Waals surface area contributed by atoms with Crippen molar-refractivity contribution in [2.45, 2.75) is 11.4 Å². The number of hydrogen-bond acceptors (Lipinski definition) is 7. The summed E-state index contributed by atoms with van der Waals surface area (Å²) >= 11 is 1.60. The maximum Gasteiger partial charge on any atom is 0.246 e. The molecule has 0 radical (unpaired) electrons. The number of anilines is 2. The van der Waals surface area contributed by atoms with Gasteiger partial charge in [0.25, 0.3) is 0 Å². The number of pyridine rings is 1. The molecule has 1 saturated heterocycles. The largest absolute Gasteiger partial charge is 0.344 e. The lowest BCUT2D eigenvalue weighted by Gasteiger charge is -2.35. The van der Waals surface area contributed by atoms with Crippen LogP contribution in [0.1, 0.15) is 5.56 Å². The molecule has 38 heavy (non-hydrogen) atoms. The number of amides is 1. The van der Waals surface area contributed by atoms with Gasteiger partial charge < -0.3 is 9.80 Å². The van der Waals surface area contributed by atoms with Gasteiger partial charge in [-0.25, -0.2) is 15.0 Å². The lowest BCUT2D eigenvalue weighted by Crippen LogP contribution is -2.51. The minimum atomic E-state index is 0.0399. The Hall–Kier alpha value is -4.27. The van der Waals surface area contributed by atoms with Gasteiger partial charge in [-0.15, -0.1) is 0 Å². The molecule has 1 aliphatic heterocycles. The molecular weight excluding hydrogens is 492 g/mol. The Balaban J connectivity index is 1.22. The van der Waals surface area contributed by atoms with Crippen molar-refractivity contribution in [1.82, 2.24) is 19.7 Å². The molecule has 6 rings (SSSR count). The first-order valence-electron chi connectivity index (χ1n) is 12.5. The van der Waals surface area contributed by atoms with Gasteiger partial charge in [-0.2, -0.15) is 0 Å². The van der Waals surface area contributed by atoms with Gasteiger partial charge in [0, 0.05) is 35.8 Å². The van der Waals surface area contributed by atoms with Crippen LogP contribution >= 0.6 is 11.9 Å². The summed E-state index contributed by atoms with van der Waals surface area (Å²) in [7, 11) is 0. The monoisotopic (exact) mass is 518 g/mol. The average Bonchev–Trinajstić information content (AvgIpc) is 2.98. The smallest absolute Gasteiger partial charge is 0.246 e. The van der Waals surface area contributed by atoms with E-state index in [0.29, 0.717) is 24.4 Å². The van der Waals surface area contributed by atoms with Crippen LogP contribution in [0.5, 0.6) is 0 Å². The zero-order valence-corrected chi connectivity index (χ0v) is 21.5. The zero-order valence-electron chi connectivity index (χ0n) is 20.7. The predicted molar refractivity (Wildman–Crippen MR) is 153 cm³/mol. The molecule has 0 bridgehead atoms. The summed E-state index contributed by atoms with van der Waals surface area (Å²) in [6, 6.07) is 32.4. The van der Waals surface area contributed by atoms with E-state index < -0.39 is 0 Å². The quantitative estimate of drug-likeness (QED) is 0.292. The molecule has 0 unspecified atom stereocenters. The van der Waals surface area contributed by atoms with Crippen LogP contribution in [0, 0.1) is 0 Å². The van der Waals surface area contributed by atoms with Crippen LogP contribution < -0.4 is 14.5 Å². The highest BCUT2D eigenvalue weighted by atomic mass is 32.2. The molecule has 0 atom stereocenters. The minimum Gasteiger partial charge on any atom is -0.344 e. The summed E-state index contributed by atoms with van der Waals surface area (Å²) in [5, 5.41) is 0. The van der Waals surface area contributed by atoms with Crippen molar-refractivity contribution in [3.8, 4) is 11.3 Å². The van der Waals surface area contributed by atoms with Gasteiger partial charge in [0.1, 0.15) is 11.8 Å². The van der Waals surface area contributed by atoms with Crippen molar-refractivity contribution < 1.29 is 4.79 Å². The van der Waals surface area contributed by atoms with Gasteiger partial charge in [-0.05, 0) is 53.9 Å². The molecule has 3 aromatic carbocycles. The highest BCUT2D eigenvalue weighted by Crippen LogP contribution is 2.29. The molecule has 188 valence electrons. The standard InChI is InChI=1S/C30H26N6OS/c37-28-20-35(16-17-36(28)24-11-5-2-6-12-24)30-29-27(31-21-32-30)15-14-26(34-29)23-10-7-13-25(18-23)38-33-19-22-8-3-1-4-9-22/h1-15,18,21,33H,16-17,19-20H2. The Morgan fingerprint density at radius 2 is 1.66 bits per heavy atom. The number of piperazine rings is 1. The topological polar surface area (TPSA) is 74.2 Å². The molecule has 1 N–H and O–H groups in total. The van der Waals surface area contributed by atoms with E-state index in [4.69, 9.17) is 4.98 Å². The number of hydrogen-bond donors (Lipinski definition) is 1. The summed E-state index contributed by atoms with van der Waals surface area (Å²) in [6.45, 7) is 2.27. The molecule has 0 aliphatic carbocycles. The fourth-order valence-electron chi connectivity index (χ4n) is 4.57. The molecule has 0 saturated carbocycles. The molecule has 8 heteroatoms. The van der Waals surface area contributed by atoms with Crippen molar-refractivity contribution in [2.24, 2.45) is 0 Å². The van der Waals surface area contributed by atoms with E-state index in [1.165, 1.54) is 5.56 Å². The Morgan fingerprint density at radius 3 is 2.47 bits per heavy atom. The van der Waals surface area contributed by atoms with E-state index in [0.717, 1.165) is 33.9 Å². The maximum atomic E-state index is 13.0. The SMILES string of the molecule is O=C1CN(c2ncnc3ccc(-c4cccc(SNCc5ccccc5)c4)nc23)CCN1c1ccccc1. The van der Waals surface area contributed by atoms with Crippen molar-refractivity contribution in [3.05, 3.63) is 109 Å². The second kappa shape index (κ2) is 11.0. The lowest BCUT2D eigenvalue weighted by atomic mass is 10.1. The van der Waals surface area contributed by atoms with Gasteiger partial charge >= 0.3 is 0 Å². The Kier molecular flexibility index (Phi) is 6.97. The predicted octanol–water partition coefficient (Wildman–Crippen LogP) is 5.34. The molecule has 7 nitrogen and oxygen atoms in total. The summed E-state index contributed by atoms with van der Waals surface area (Å²) < 4.78 is 3.43. The van der Waals surface area contributed by atoms with E-state index in [2.05, 4.69) is 45.0 Å². The number of para-hydroxylation sites is 1. The number of rotatable bonds is 7. The van der Waals surface area contributed by atoms with E-state index in [1.54, 1.807) is 18.3 Å². The molecule has 3 heterocycles. The highest BCUT2D eigenvalue weighted by Gasteiger charge is 2.27. The van der Waals surface area contributed by atoms with Crippen LogP contribution in [0.25, 0.3) is 22.3 Å². The lowest BCUT2D eigenvalue weighted by molar-refractivity contribution is -0.117. The Morgan fingerprint density at radius 1 is 0.842 bits per heavy atom. The van der Waals surface area contributed by atoms with Crippen molar-refractivity contribution >= 4 is 40.4 Å². The number of carbonyl (C=O) groups excluding carboxylic acids is 1. The van der Waals surface area contributed by atoms with Crippen LogP contribution in [0.4, 0.5) is 11.5 Å². The number of benzene rings is 3. The second-order valence-corrected chi connectivity index (χ2v) is 9.96. The van der Waals surface area contributed by atoms with Crippen LogP contribution in [-0.2, 0) is 11.3 Å². The van der Waals surface area contributed by atoms with Gasteiger partial charge in [0.15, 0.2) is 5.82 Å². The van der Waals surface area contributed by atoms with Crippen LogP contribution in [-0.4, -0.2) is 40.5 Å². The Bertz CT molecular complexity index is 1560. The average molecular weight is 519 g/mol. The highest BCUT2D eigenvalue weighted by molar-refractivity contribution is 7.97. The first-order chi connectivity index (χ1) is 18.7. The first-order valence-corrected chi connectivity index (χ1v) is 13.3. The summed E-state index contributed by atoms with van der Waals surface area (Å²) in [4.78, 5) is 31.9. The molecular formula is C30H26N6OS. The van der Waals surface area contributed by atoms with Crippen molar-refractivity contribution in [2.75, 3.05) is 29.4 Å². The third-order valence-electron chi connectivity index (χ3n) is 6.49. The number of nitrogens with zero attached hydrogens (tertiary/aromatic N) is 5. The third-order valence-corrected chi connectivity index (χ3v) is 7.27. The normalized spacial score (nSPS) is 13.7. The summed E-state index contributed by atoms with van der Waals surface area (Å²) in [5.74, 6) is 0.728. The van der Waals surface area contributed by atoms with Crippen LogP contribution in [0.15, 0.2) is 108 Å². The molecule has 2 aromatic heterocycles. The number of carbonyl (C=O) groups is 1. The summed E-state index contributed by atoms with van der Waals surface area (Å²) in [5.41, 5.74) is 5.47. The minimum absolute atomic E-state index is 0.0399. The first kappa shape index (κ1) is 24.1. The van der Waals surface area contributed by atoms with Gasteiger partial charge in [-0.3, -0.25) is 9.52 Å². The Labute approximate surface area is 225 Å². The number of nitrogens with one attached hydrogen (secondary N) is 1. The molecule has 1 amide bonds. The van der Waals surface area contributed by atoms with Crippen LogP contribution in [0.3, 0.4) is 0 Å². The van der Waals surface area contributed by atoms with E-state index in [-0.39, 0.29) is 12.5 Å². The molecule has 0 spiro atoms. The molecule has 5 aromatic rings. The molecule has 1 aliphatic rings. The third kappa shape index (κ3) is 5.22. The van der Waals surface area contributed by atoms with E-state index in [1.807, 2.05) is 76.5 Å². The van der Waals surface area contributed by atoms with Gasteiger partial charge in [-0.1, -0.05) is 60.7 Å². The fourth-order valence-corrected chi connectivity index (χ4v) is 5.31. The second-order valence-electron chi connectivity index (χ2n) is 9.00. The van der Waals surface area contributed by atoms with Gasteiger partial charge in [0.05, 0.1) is 17.8 Å². The van der Waals surface area contributed by atoms with E-state index in [9.17, 15) is 4.79 Å². The van der Waals surface area contributed by atoms with Crippen molar-refractivity contribution in [3.63, 3.8) is 0 Å². The maximum absolute atomic E-state index is 13.0. The van der Waals surface area contributed by atoms with Crippen molar-refractivity contribution in [1.29, 1.82) is 0 Å². The number of aromatic nitrogens is 3. The number of fused-ring (bicyclic) bond motifs is 1. The van der Waals surface area contributed by atoms with Gasteiger partial charge in [0.2, 0.25) is 5.91 Å². The molecule has 1 fully saturated rings. The summed E-state index contributed by atoms with van der Waals surface area (Å²) in [6.07, 6.45) is 1.54. The van der Waals surface area contributed by atoms with Crippen LogP contribution in [0.2, 0.25) is 0 Å².